The first-order chi connectivity index (χ1) is 8.00. The molecule has 0 rings (SSSR count). The van der Waals surface area contributed by atoms with E-state index in [1.165, 1.54) is 55.8 Å². The van der Waals surface area contributed by atoms with Gasteiger partial charge in [0.15, 0.2) is 0 Å². The van der Waals surface area contributed by atoms with Crippen LogP contribution < -0.4 is 0 Å². The molecule has 0 saturated carbocycles. The van der Waals surface area contributed by atoms with E-state index in [0.717, 1.165) is 0 Å². The van der Waals surface area contributed by atoms with Crippen LogP contribution in [0.2, 0.25) is 0 Å². The van der Waals surface area contributed by atoms with Gasteiger partial charge in [0, 0.05) is 13.8 Å². The van der Waals surface area contributed by atoms with E-state index in [1.807, 2.05) is 0 Å². The highest BCUT2D eigenvalue weighted by molar-refractivity contribution is 5.72. The van der Waals surface area contributed by atoms with Gasteiger partial charge in [0.05, 0.1) is 14.2 Å². The van der Waals surface area contributed by atoms with E-state index in [9.17, 15) is 19.2 Å². The third-order valence-electron chi connectivity index (χ3n) is 0.575. The van der Waals surface area contributed by atoms with Gasteiger partial charge < -0.3 is 19.1 Å². The second-order valence-electron chi connectivity index (χ2n) is 3.21. The maximum absolute atomic E-state index is 9.59. The average molecular weight is 393 g/mol. The van der Waals surface area contributed by atoms with Crippen LogP contribution in [0.25, 0.3) is 0 Å². The Hall–Kier alpha value is -1.72. The third kappa shape index (κ3) is 1940. The van der Waals surface area contributed by atoms with Gasteiger partial charge in [-0.3, -0.25) is 9.59 Å². The average Bonchev–Trinajstić information content (AvgIpc) is 2.16. The summed E-state index contributed by atoms with van der Waals surface area (Å²) in [7, 11) is 2.70. The first-order valence-corrected chi connectivity index (χ1v) is 5.04. The molecule has 0 N–H and O–H groups in total. The van der Waals surface area contributed by atoms with E-state index >= 15 is 0 Å². The van der Waals surface area contributed by atoms with Crippen molar-refractivity contribution in [2.45, 2.75) is 101 Å². The van der Waals surface area contributed by atoms with Crippen molar-refractivity contribution < 1.29 is 28.7 Å². The van der Waals surface area contributed by atoms with Gasteiger partial charge >= 0.3 is 11.9 Å². The predicted octanol–water partition coefficient (Wildman–Crippen LogP) is 6.64. The number of hydrogen-bond acceptors (Lipinski definition) is 6. The zero-order valence-electron chi connectivity index (χ0n) is 12.4. The van der Waals surface area contributed by atoms with E-state index in [-0.39, 0.29) is 82.9 Å². The highest BCUT2D eigenvalue weighted by Gasteiger charge is 1.76. The second kappa shape index (κ2) is 76.6. The fourth-order valence-electron chi connectivity index (χ4n) is 0. The fourth-order valence-corrected chi connectivity index (χ4v) is 0. The summed E-state index contributed by atoms with van der Waals surface area (Å²) in [5.41, 5.74) is 0. The normalized spacial score (nSPS) is 4.62. The van der Waals surface area contributed by atoms with E-state index in [1.54, 1.807) is 0 Å². The maximum Gasteiger partial charge on any atom is 0.302 e. The third-order valence-corrected chi connectivity index (χ3v) is 0.575. The first-order valence-electron chi connectivity index (χ1n) is 5.04. The molecule has 0 heterocycles. The molecule has 0 aromatic rings. The summed E-state index contributed by atoms with van der Waals surface area (Å²) in [6, 6.07) is 0. The van der Waals surface area contributed by atoms with Crippen molar-refractivity contribution in [1.29, 1.82) is 0 Å². The van der Waals surface area contributed by atoms with E-state index in [2.05, 4.69) is 9.47 Å². The molecule has 0 bridgehead atoms. The summed E-state index contributed by atoms with van der Waals surface area (Å²) in [5, 5.41) is 0. The van der Waals surface area contributed by atoms with Gasteiger partial charge in [-0.05, 0) is 27.7 Å². The largest absolute Gasteiger partial charge is 0.469 e. The fraction of sp³-hybridized carbons (Fsp3) is 0.800. The molecule has 26 heavy (non-hydrogen) atoms. The quantitative estimate of drug-likeness (QED) is 0.429. The molecule has 0 aliphatic heterocycles. The zero-order chi connectivity index (χ0) is 15.7. The first kappa shape index (κ1) is 87.3. The van der Waals surface area contributed by atoms with E-state index in [0.29, 0.717) is 0 Å². The lowest BCUT2D eigenvalue weighted by Gasteiger charge is -1.80. The van der Waals surface area contributed by atoms with Crippen LogP contribution in [0.3, 0.4) is 0 Å². The SMILES string of the molecule is C.C.C.C.C.C.C.C.CC(C)=O.CC(C)=O.COC(C)=O.COC(C)=O. The number of hydrogen-bond donors (Lipinski definition) is 0. The number of carbonyl (C=O) groups excluding carboxylic acids is 4. The molecule has 0 spiro atoms. The van der Waals surface area contributed by atoms with Crippen molar-refractivity contribution in [3.05, 3.63) is 0 Å². The Labute approximate surface area is 168 Å². The number of Topliss-reactive ketones (excluding diaryl/α,β-unsaturated/α-hetero) is 2. The lowest BCUT2D eigenvalue weighted by Crippen LogP contribution is -1.88. The highest BCUT2D eigenvalue weighted by atomic mass is 16.5. The molecule has 0 aliphatic carbocycles. The number of carbonyl (C=O) groups is 4. The predicted molar refractivity (Wildman–Crippen MR) is 122 cm³/mol. The van der Waals surface area contributed by atoms with Crippen LogP contribution in [0.5, 0.6) is 0 Å². The molecule has 172 valence electrons. The number of ether oxygens (including phenoxy) is 2. The molecule has 0 aromatic heterocycles. The van der Waals surface area contributed by atoms with Crippen LogP contribution in [-0.4, -0.2) is 37.7 Å². The summed E-state index contributed by atoms with van der Waals surface area (Å²) in [5.74, 6) is -0.157. The smallest absolute Gasteiger partial charge is 0.302 e. The molecule has 6 heteroatoms. The monoisotopic (exact) mass is 392 g/mol. The maximum atomic E-state index is 9.59. The van der Waals surface area contributed by atoms with E-state index in [4.69, 9.17) is 0 Å². The molecule has 0 fully saturated rings. The summed E-state index contributed by atoms with van der Waals surface area (Å²) in [6.45, 7) is 8.83. The Morgan fingerprint density at radius 3 is 0.462 bits per heavy atom. The molecular formula is C20H56O6. The molecule has 0 radical (unpaired) electrons. The highest BCUT2D eigenvalue weighted by Crippen LogP contribution is 1.60. The topological polar surface area (TPSA) is 86.7 Å². The van der Waals surface area contributed by atoms with Crippen LogP contribution in [0, 0.1) is 0 Å². The van der Waals surface area contributed by atoms with Crippen molar-refractivity contribution in [3.63, 3.8) is 0 Å². The number of ketones is 2. The van der Waals surface area contributed by atoms with Crippen LogP contribution >= 0.6 is 0 Å². The second-order valence-corrected chi connectivity index (χ2v) is 3.21. The van der Waals surface area contributed by atoms with Gasteiger partial charge in [0.2, 0.25) is 0 Å². The number of esters is 2. The summed E-state index contributed by atoms with van der Waals surface area (Å²) in [4.78, 5) is 38.1. The van der Waals surface area contributed by atoms with Gasteiger partial charge in [0.1, 0.15) is 11.6 Å². The number of rotatable bonds is 0. The Balaban J connectivity index is -0.00000000915. The molecule has 6 nitrogen and oxygen atoms in total. The van der Waals surface area contributed by atoms with Crippen LogP contribution in [0.1, 0.15) is 101 Å². The lowest BCUT2D eigenvalue weighted by molar-refractivity contribution is -0.138. The molecule has 0 unspecified atom stereocenters. The molecule has 0 aromatic carbocycles. The molecule has 0 saturated heterocycles. The zero-order valence-corrected chi connectivity index (χ0v) is 12.4. The van der Waals surface area contributed by atoms with Gasteiger partial charge in [-0.2, -0.15) is 0 Å². The Bertz CT molecular complexity index is 215. The summed E-state index contributed by atoms with van der Waals surface area (Å²) < 4.78 is 8.22. The molecular weight excluding hydrogens is 336 g/mol. The van der Waals surface area contributed by atoms with Crippen molar-refractivity contribution in [3.8, 4) is 0 Å². The molecule has 0 aliphatic rings. The van der Waals surface area contributed by atoms with Crippen LogP contribution in [0.15, 0.2) is 0 Å². The Kier molecular flexibility index (Phi) is 257. The minimum atomic E-state index is -0.245. The van der Waals surface area contributed by atoms with E-state index < -0.39 is 0 Å². The van der Waals surface area contributed by atoms with Crippen molar-refractivity contribution in [1.82, 2.24) is 0 Å². The standard InChI is InChI=1S/2C3H6O2.2C3H6O.8CH4/c2*1-3(4)5-2;2*1-3(2)4;;;;;;;;/h2*1-2H3;2*1-2H3;8*1H4. The van der Waals surface area contributed by atoms with Gasteiger partial charge in [-0.15, -0.1) is 0 Å². The number of methoxy groups -OCH3 is 2. The molecule has 0 amide bonds. The van der Waals surface area contributed by atoms with Crippen molar-refractivity contribution in [2.24, 2.45) is 0 Å². The summed E-state index contributed by atoms with van der Waals surface area (Å²) in [6.07, 6.45) is 0. The summed E-state index contributed by atoms with van der Waals surface area (Å²) >= 11 is 0. The minimum absolute atomic E-state index is 0. The van der Waals surface area contributed by atoms with Gasteiger partial charge in [-0.1, -0.05) is 59.4 Å². The minimum Gasteiger partial charge on any atom is -0.469 e. The molecule has 0 atom stereocenters. The van der Waals surface area contributed by atoms with Crippen molar-refractivity contribution in [2.75, 3.05) is 14.2 Å². The Morgan fingerprint density at radius 1 is 0.423 bits per heavy atom. The van der Waals surface area contributed by atoms with Gasteiger partial charge in [-0.25, -0.2) is 0 Å². The lowest BCUT2D eigenvalue weighted by atomic mass is 10.6. The van der Waals surface area contributed by atoms with Crippen molar-refractivity contribution >= 4 is 23.5 Å². The van der Waals surface area contributed by atoms with Gasteiger partial charge in [0.25, 0.3) is 0 Å². The van der Waals surface area contributed by atoms with Crippen LogP contribution in [0.4, 0.5) is 0 Å². The van der Waals surface area contributed by atoms with Crippen LogP contribution in [-0.2, 0) is 28.7 Å². The Morgan fingerprint density at radius 2 is 0.462 bits per heavy atom.